The molecule has 110 valence electrons. The Hall–Kier alpha value is -2.11. The zero-order valence-corrected chi connectivity index (χ0v) is 12.1. The molecule has 2 aromatic rings. The molecule has 0 saturated carbocycles. The quantitative estimate of drug-likeness (QED) is 0.797. The molecule has 2 aromatic carbocycles. The van der Waals surface area contributed by atoms with Crippen molar-refractivity contribution < 1.29 is 9.18 Å². The Bertz CT molecular complexity index is 644. The number of halogens is 2. The molecule has 1 unspecified atom stereocenters. The Morgan fingerprint density at radius 2 is 1.86 bits per heavy atom. The van der Waals surface area contributed by atoms with E-state index < -0.39 is 11.8 Å². The number of nitrogens with one attached hydrogen (secondary N) is 2. The van der Waals surface area contributed by atoms with Gasteiger partial charge in [-0.15, -0.1) is 0 Å². The first-order chi connectivity index (χ1) is 9.95. The Kier molecular flexibility index (Phi) is 4.77. The van der Waals surface area contributed by atoms with Crippen molar-refractivity contribution in [2.24, 2.45) is 5.73 Å². The van der Waals surface area contributed by atoms with E-state index in [0.29, 0.717) is 10.7 Å². The molecule has 4 nitrogen and oxygen atoms in total. The zero-order valence-electron chi connectivity index (χ0n) is 11.4. The lowest BCUT2D eigenvalue weighted by Gasteiger charge is -2.10. The lowest BCUT2D eigenvalue weighted by Crippen LogP contribution is -2.20. The van der Waals surface area contributed by atoms with E-state index in [2.05, 4.69) is 10.6 Å². The van der Waals surface area contributed by atoms with E-state index in [1.54, 1.807) is 12.1 Å². The number of benzene rings is 2. The summed E-state index contributed by atoms with van der Waals surface area (Å²) >= 11 is 5.76. The van der Waals surface area contributed by atoms with Gasteiger partial charge in [0.15, 0.2) is 0 Å². The van der Waals surface area contributed by atoms with Crippen LogP contribution in [0, 0.1) is 5.82 Å². The van der Waals surface area contributed by atoms with Crippen molar-refractivity contribution in [3.05, 3.63) is 58.9 Å². The molecule has 2 rings (SSSR count). The van der Waals surface area contributed by atoms with E-state index in [0.717, 1.165) is 5.56 Å². The molecular formula is C15H15ClFN3O. The fraction of sp³-hybridized carbons (Fsp3) is 0.133. The average Bonchev–Trinajstić information content (AvgIpc) is 2.43. The fourth-order valence-electron chi connectivity index (χ4n) is 1.75. The van der Waals surface area contributed by atoms with Crippen LogP contribution >= 0.6 is 11.6 Å². The van der Waals surface area contributed by atoms with Gasteiger partial charge >= 0.3 is 6.03 Å². The second-order valence-electron chi connectivity index (χ2n) is 4.61. The van der Waals surface area contributed by atoms with Crippen molar-refractivity contribution >= 4 is 29.0 Å². The second-order valence-corrected chi connectivity index (χ2v) is 5.05. The third kappa shape index (κ3) is 4.18. The van der Waals surface area contributed by atoms with Crippen LogP contribution in [0.25, 0.3) is 0 Å². The summed E-state index contributed by atoms with van der Waals surface area (Å²) in [4.78, 5) is 11.8. The topological polar surface area (TPSA) is 67.1 Å². The number of carbonyl (C=O) groups is 1. The Morgan fingerprint density at radius 1 is 1.19 bits per heavy atom. The molecule has 4 N–H and O–H groups in total. The number of hydrogen-bond donors (Lipinski definition) is 3. The van der Waals surface area contributed by atoms with Gasteiger partial charge in [-0.3, -0.25) is 0 Å². The monoisotopic (exact) mass is 307 g/mol. The van der Waals surface area contributed by atoms with Crippen molar-refractivity contribution in [3.63, 3.8) is 0 Å². The van der Waals surface area contributed by atoms with Gasteiger partial charge in [-0.2, -0.15) is 0 Å². The molecule has 0 radical (unpaired) electrons. The first kappa shape index (κ1) is 15.3. The standard InChI is InChI=1S/C15H15ClFN3O/c1-9(18)10-2-5-12(6-3-10)19-15(21)20-14-8-11(16)4-7-13(14)17/h2-9H,18H2,1H3,(H2,19,20,21). The van der Waals surface area contributed by atoms with E-state index in [1.807, 2.05) is 19.1 Å². The minimum absolute atomic E-state index is 0.0206. The van der Waals surface area contributed by atoms with Crippen molar-refractivity contribution in [1.82, 2.24) is 0 Å². The molecule has 0 aliphatic rings. The molecule has 21 heavy (non-hydrogen) atoms. The highest BCUT2D eigenvalue weighted by molar-refractivity contribution is 6.30. The first-order valence-corrected chi connectivity index (χ1v) is 6.72. The third-order valence-corrected chi connectivity index (χ3v) is 3.11. The normalized spacial score (nSPS) is 11.8. The summed E-state index contributed by atoms with van der Waals surface area (Å²) in [6, 6.07) is 10.4. The molecule has 0 saturated heterocycles. The van der Waals surface area contributed by atoms with Crippen molar-refractivity contribution in [3.8, 4) is 0 Å². The van der Waals surface area contributed by atoms with Crippen LogP contribution < -0.4 is 16.4 Å². The van der Waals surface area contributed by atoms with E-state index >= 15 is 0 Å². The van der Waals surface area contributed by atoms with Gasteiger partial charge in [0, 0.05) is 16.8 Å². The lowest BCUT2D eigenvalue weighted by atomic mass is 10.1. The minimum Gasteiger partial charge on any atom is -0.324 e. The number of rotatable bonds is 3. The van der Waals surface area contributed by atoms with Gasteiger partial charge in [-0.25, -0.2) is 9.18 Å². The van der Waals surface area contributed by atoms with Gasteiger partial charge < -0.3 is 16.4 Å². The van der Waals surface area contributed by atoms with Gasteiger partial charge in [-0.05, 0) is 42.8 Å². The van der Waals surface area contributed by atoms with Crippen LogP contribution in [-0.2, 0) is 0 Å². The van der Waals surface area contributed by atoms with Crippen molar-refractivity contribution in [1.29, 1.82) is 0 Å². The molecule has 2 amide bonds. The summed E-state index contributed by atoms with van der Waals surface area (Å²) < 4.78 is 13.5. The maximum Gasteiger partial charge on any atom is 0.323 e. The van der Waals surface area contributed by atoms with Gasteiger partial charge in [0.05, 0.1) is 5.69 Å². The summed E-state index contributed by atoms with van der Waals surface area (Å²) in [5.74, 6) is -0.554. The van der Waals surface area contributed by atoms with Crippen LogP contribution in [-0.4, -0.2) is 6.03 Å². The van der Waals surface area contributed by atoms with Gasteiger partial charge in [0.1, 0.15) is 5.82 Å². The van der Waals surface area contributed by atoms with Crippen molar-refractivity contribution in [2.75, 3.05) is 10.6 Å². The SMILES string of the molecule is CC(N)c1ccc(NC(=O)Nc2cc(Cl)ccc2F)cc1. The molecule has 0 aliphatic carbocycles. The van der Waals surface area contributed by atoms with Crippen LogP contribution in [0.1, 0.15) is 18.5 Å². The summed E-state index contributed by atoms with van der Waals surface area (Å²) in [6.45, 7) is 1.87. The second kappa shape index (κ2) is 6.56. The molecule has 1 atom stereocenters. The smallest absolute Gasteiger partial charge is 0.323 e. The highest BCUT2D eigenvalue weighted by atomic mass is 35.5. The molecule has 0 spiro atoms. The molecule has 0 heterocycles. The Labute approximate surface area is 127 Å². The highest BCUT2D eigenvalue weighted by Gasteiger charge is 2.08. The maximum atomic E-state index is 13.5. The van der Waals surface area contributed by atoms with Crippen LogP contribution in [0.2, 0.25) is 5.02 Å². The molecule has 6 heteroatoms. The summed E-state index contributed by atoms with van der Waals surface area (Å²) in [7, 11) is 0. The van der Waals surface area contributed by atoms with E-state index in [4.69, 9.17) is 17.3 Å². The first-order valence-electron chi connectivity index (χ1n) is 6.34. The highest BCUT2D eigenvalue weighted by Crippen LogP contribution is 2.20. The maximum absolute atomic E-state index is 13.5. The molecule has 0 bridgehead atoms. The van der Waals surface area contributed by atoms with Crippen molar-refractivity contribution in [2.45, 2.75) is 13.0 Å². The fourth-order valence-corrected chi connectivity index (χ4v) is 1.92. The zero-order chi connectivity index (χ0) is 15.4. The average molecular weight is 308 g/mol. The minimum atomic E-state index is -0.554. The Balaban J connectivity index is 2.03. The summed E-state index contributed by atoms with van der Waals surface area (Å²) in [5.41, 5.74) is 7.31. The molecular weight excluding hydrogens is 293 g/mol. The number of amides is 2. The van der Waals surface area contributed by atoms with Gasteiger partial charge in [0.25, 0.3) is 0 Å². The van der Waals surface area contributed by atoms with Gasteiger partial charge in [-0.1, -0.05) is 23.7 Å². The molecule has 0 fully saturated rings. The predicted octanol–water partition coefficient (Wildman–Crippen LogP) is 4.14. The summed E-state index contributed by atoms with van der Waals surface area (Å²) in [6.07, 6.45) is 0. The van der Waals surface area contributed by atoms with Crippen LogP contribution in [0.4, 0.5) is 20.6 Å². The lowest BCUT2D eigenvalue weighted by molar-refractivity contribution is 0.262. The molecule has 0 aliphatic heterocycles. The van der Waals surface area contributed by atoms with Crippen LogP contribution in [0.15, 0.2) is 42.5 Å². The number of urea groups is 1. The largest absolute Gasteiger partial charge is 0.324 e. The number of anilines is 2. The third-order valence-electron chi connectivity index (χ3n) is 2.87. The number of carbonyl (C=O) groups excluding carboxylic acids is 1. The predicted molar refractivity (Wildman–Crippen MR) is 83.1 cm³/mol. The Morgan fingerprint density at radius 3 is 2.48 bits per heavy atom. The number of hydrogen-bond acceptors (Lipinski definition) is 2. The van der Waals surface area contributed by atoms with E-state index in [-0.39, 0.29) is 11.7 Å². The number of nitrogens with two attached hydrogens (primary N) is 1. The van der Waals surface area contributed by atoms with E-state index in [1.165, 1.54) is 18.2 Å². The van der Waals surface area contributed by atoms with Crippen LogP contribution in [0.5, 0.6) is 0 Å². The van der Waals surface area contributed by atoms with E-state index in [9.17, 15) is 9.18 Å². The van der Waals surface area contributed by atoms with Gasteiger partial charge in [0.2, 0.25) is 0 Å². The van der Waals surface area contributed by atoms with Crippen LogP contribution in [0.3, 0.4) is 0 Å². The molecule has 0 aromatic heterocycles. The summed E-state index contributed by atoms with van der Waals surface area (Å²) in [5, 5.41) is 5.35.